The highest BCUT2D eigenvalue weighted by Gasteiger charge is 2.35. The molecule has 0 amide bonds. The van der Waals surface area contributed by atoms with Gasteiger partial charge in [0, 0.05) is 16.8 Å². The topological polar surface area (TPSA) is 51.8 Å². The van der Waals surface area contributed by atoms with E-state index in [2.05, 4.69) is 9.97 Å². The average molecular weight is 320 g/mol. The Hall–Kier alpha value is -1.47. The molecule has 2 rings (SSSR count). The molecule has 20 heavy (non-hydrogen) atoms. The van der Waals surface area contributed by atoms with Crippen molar-refractivity contribution in [1.82, 2.24) is 9.97 Å². The predicted octanol–water partition coefficient (Wildman–Crippen LogP) is 4.02. The van der Waals surface area contributed by atoms with E-state index in [9.17, 15) is 13.2 Å². The van der Waals surface area contributed by atoms with E-state index in [1.165, 1.54) is 6.07 Å². The Morgan fingerprint density at radius 2 is 1.90 bits per heavy atom. The molecule has 0 radical (unpaired) electrons. The molecule has 0 aliphatic heterocycles. The van der Waals surface area contributed by atoms with Crippen molar-refractivity contribution in [3.8, 4) is 0 Å². The smallest absolute Gasteiger partial charge is 0.384 e. The quantitative estimate of drug-likeness (QED) is 0.685. The lowest BCUT2D eigenvalue weighted by Gasteiger charge is -2.08. The van der Waals surface area contributed by atoms with E-state index in [0.29, 0.717) is 10.8 Å². The number of rotatable bonds is 3. The summed E-state index contributed by atoms with van der Waals surface area (Å²) in [6, 6.07) is 8.40. The predicted molar refractivity (Wildman–Crippen MR) is 72.5 cm³/mol. The zero-order valence-corrected chi connectivity index (χ0v) is 11.6. The van der Waals surface area contributed by atoms with Gasteiger partial charge in [-0.2, -0.15) is 13.2 Å². The van der Waals surface area contributed by atoms with Crippen molar-refractivity contribution in [2.45, 2.75) is 17.0 Å². The van der Waals surface area contributed by atoms with E-state index >= 15 is 0 Å². The summed E-state index contributed by atoms with van der Waals surface area (Å²) in [5, 5.41) is 0.711. The lowest BCUT2D eigenvalue weighted by molar-refractivity contribution is -0.145. The molecule has 0 fully saturated rings. The van der Waals surface area contributed by atoms with Crippen LogP contribution in [0.15, 0.2) is 35.4 Å². The fourth-order valence-corrected chi connectivity index (χ4v) is 2.60. The Morgan fingerprint density at radius 3 is 2.55 bits per heavy atom. The molecule has 1 aromatic carbocycles. The Bertz CT molecular complexity index is 619. The molecule has 106 valence electrons. The maximum atomic E-state index is 12.6. The van der Waals surface area contributed by atoms with Gasteiger partial charge in [-0.05, 0) is 11.6 Å². The highest BCUT2D eigenvalue weighted by molar-refractivity contribution is 7.98. The fourth-order valence-electron chi connectivity index (χ4n) is 1.41. The van der Waals surface area contributed by atoms with Crippen LogP contribution in [0.2, 0.25) is 5.02 Å². The van der Waals surface area contributed by atoms with E-state index in [1.807, 2.05) is 0 Å². The van der Waals surface area contributed by atoms with E-state index in [1.54, 1.807) is 24.3 Å². The number of halogens is 4. The van der Waals surface area contributed by atoms with Crippen LogP contribution in [-0.2, 0) is 11.9 Å². The van der Waals surface area contributed by atoms with Gasteiger partial charge in [0.05, 0.1) is 0 Å². The van der Waals surface area contributed by atoms with Gasteiger partial charge in [0.15, 0.2) is 0 Å². The first-order valence-corrected chi connectivity index (χ1v) is 6.80. The second-order valence-electron chi connectivity index (χ2n) is 3.83. The van der Waals surface area contributed by atoms with Gasteiger partial charge in [0.1, 0.15) is 10.8 Å². The zero-order valence-electron chi connectivity index (χ0n) is 9.99. The number of anilines is 1. The van der Waals surface area contributed by atoms with Crippen LogP contribution in [0.5, 0.6) is 0 Å². The van der Waals surface area contributed by atoms with Crippen molar-refractivity contribution in [3.63, 3.8) is 0 Å². The van der Waals surface area contributed by atoms with Crippen molar-refractivity contribution in [2.24, 2.45) is 0 Å². The lowest BCUT2D eigenvalue weighted by atomic mass is 10.2. The molecule has 8 heteroatoms. The molecule has 2 aromatic rings. The van der Waals surface area contributed by atoms with Crippen LogP contribution < -0.4 is 5.73 Å². The zero-order chi connectivity index (χ0) is 14.8. The molecule has 0 spiro atoms. The van der Waals surface area contributed by atoms with Crippen molar-refractivity contribution >= 4 is 29.2 Å². The number of aromatic nitrogens is 2. The molecule has 0 bridgehead atoms. The van der Waals surface area contributed by atoms with Crippen molar-refractivity contribution in [1.29, 1.82) is 0 Å². The summed E-state index contributed by atoms with van der Waals surface area (Å²) in [6.45, 7) is 0. The SMILES string of the molecule is Nc1cc(SCc2ccccc2Cl)nc(C(F)(F)F)n1. The average Bonchev–Trinajstić information content (AvgIpc) is 2.36. The van der Waals surface area contributed by atoms with Crippen molar-refractivity contribution in [3.05, 3.63) is 46.7 Å². The minimum Gasteiger partial charge on any atom is -0.384 e. The van der Waals surface area contributed by atoms with E-state index < -0.39 is 12.0 Å². The van der Waals surface area contributed by atoms with Gasteiger partial charge in [-0.15, -0.1) is 11.8 Å². The number of thioether (sulfide) groups is 1. The number of nitrogens with zero attached hydrogens (tertiary/aromatic N) is 2. The van der Waals surface area contributed by atoms with Gasteiger partial charge >= 0.3 is 6.18 Å². The number of hydrogen-bond acceptors (Lipinski definition) is 4. The molecule has 1 heterocycles. The van der Waals surface area contributed by atoms with Crippen molar-refractivity contribution in [2.75, 3.05) is 5.73 Å². The fraction of sp³-hybridized carbons (Fsp3) is 0.167. The van der Waals surface area contributed by atoms with Gasteiger partial charge in [0.2, 0.25) is 5.82 Å². The maximum absolute atomic E-state index is 12.6. The van der Waals surface area contributed by atoms with Crippen LogP contribution in [0.4, 0.5) is 19.0 Å². The third-order valence-electron chi connectivity index (χ3n) is 2.31. The van der Waals surface area contributed by atoms with E-state index in [0.717, 1.165) is 17.3 Å². The minimum absolute atomic E-state index is 0.157. The third-order valence-corrected chi connectivity index (χ3v) is 3.64. The Kier molecular flexibility index (Phi) is 4.39. The maximum Gasteiger partial charge on any atom is 0.451 e. The van der Waals surface area contributed by atoms with Gasteiger partial charge < -0.3 is 5.73 Å². The van der Waals surface area contributed by atoms with Crippen LogP contribution in [-0.4, -0.2) is 9.97 Å². The number of nitrogens with two attached hydrogens (primary N) is 1. The summed E-state index contributed by atoms with van der Waals surface area (Å²) in [7, 11) is 0. The molecule has 0 atom stereocenters. The lowest BCUT2D eigenvalue weighted by Crippen LogP contribution is -2.12. The van der Waals surface area contributed by atoms with Crippen LogP contribution in [0.1, 0.15) is 11.4 Å². The first kappa shape index (κ1) is 14.9. The monoisotopic (exact) mass is 319 g/mol. The molecule has 0 saturated heterocycles. The van der Waals surface area contributed by atoms with Crippen LogP contribution in [0.25, 0.3) is 0 Å². The summed E-state index contributed by atoms with van der Waals surface area (Å²) in [5.41, 5.74) is 6.17. The Labute approximate surface area is 122 Å². The van der Waals surface area contributed by atoms with Gasteiger partial charge in [-0.3, -0.25) is 0 Å². The molecular weight excluding hydrogens is 311 g/mol. The Balaban J connectivity index is 2.18. The van der Waals surface area contributed by atoms with Gasteiger partial charge in [0.25, 0.3) is 0 Å². The van der Waals surface area contributed by atoms with Crippen molar-refractivity contribution < 1.29 is 13.2 Å². The first-order valence-electron chi connectivity index (χ1n) is 5.44. The normalized spacial score (nSPS) is 11.6. The molecule has 2 N–H and O–H groups in total. The molecular formula is C12H9ClF3N3S. The summed E-state index contributed by atoms with van der Waals surface area (Å²) < 4.78 is 37.7. The summed E-state index contributed by atoms with van der Waals surface area (Å²) in [6.07, 6.45) is -4.62. The van der Waals surface area contributed by atoms with Gasteiger partial charge in [-0.1, -0.05) is 29.8 Å². The largest absolute Gasteiger partial charge is 0.451 e. The molecule has 0 unspecified atom stereocenters. The second kappa shape index (κ2) is 5.88. The molecule has 0 aliphatic rings. The molecule has 1 aromatic heterocycles. The summed E-state index contributed by atoms with van der Waals surface area (Å²) >= 11 is 7.09. The number of alkyl halides is 3. The standard InChI is InChI=1S/C12H9ClF3N3S/c13-8-4-2-1-3-7(8)6-20-10-5-9(17)18-11(19-10)12(14,15)16/h1-5H,6H2,(H2,17,18,19). The second-order valence-corrected chi connectivity index (χ2v) is 5.24. The molecule has 0 aliphatic carbocycles. The Morgan fingerprint density at radius 1 is 1.20 bits per heavy atom. The highest BCUT2D eigenvalue weighted by Crippen LogP contribution is 2.30. The first-order chi connectivity index (χ1) is 9.36. The van der Waals surface area contributed by atoms with Gasteiger partial charge in [-0.25, -0.2) is 9.97 Å². The highest BCUT2D eigenvalue weighted by atomic mass is 35.5. The molecule has 0 saturated carbocycles. The van der Waals surface area contributed by atoms with Crippen LogP contribution >= 0.6 is 23.4 Å². The number of benzene rings is 1. The third kappa shape index (κ3) is 3.77. The number of nitrogen functional groups attached to an aromatic ring is 1. The minimum atomic E-state index is -4.62. The van der Waals surface area contributed by atoms with Crippen LogP contribution in [0.3, 0.4) is 0 Å². The summed E-state index contributed by atoms with van der Waals surface area (Å²) in [5.74, 6) is -1.05. The number of hydrogen-bond donors (Lipinski definition) is 1. The van der Waals surface area contributed by atoms with E-state index in [-0.39, 0.29) is 10.8 Å². The van der Waals surface area contributed by atoms with E-state index in [4.69, 9.17) is 17.3 Å². The van der Waals surface area contributed by atoms with Crippen LogP contribution in [0, 0.1) is 0 Å². The molecule has 3 nitrogen and oxygen atoms in total. The summed E-state index contributed by atoms with van der Waals surface area (Å²) in [4.78, 5) is 6.63.